The van der Waals surface area contributed by atoms with Crippen molar-refractivity contribution in [2.75, 3.05) is 0 Å². The molecular formula is C8H10N2O. The van der Waals surface area contributed by atoms with E-state index < -0.39 is 0 Å². The van der Waals surface area contributed by atoms with E-state index in [1.54, 1.807) is 16.9 Å². The van der Waals surface area contributed by atoms with Crippen molar-refractivity contribution in [1.82, 2.24) is 9.78 Å². The summed E-state index contributed by atoms with van der Waals surface area (Å²) in [6.07, 6.45) is 5.11. The van der Waals surface area contributed by atoms with Crippen molar-refractivity contribution in [2.45, 2.75) is 19.4 Å². The number of aromatic nitrogens is 2. The van der Waals surface area contributed by atoms with Gasteiger partial charge in [-0.3, -0.25) is 9.48 Å². The molecule has 0 aromatic carbocycles. The molecule has 0 saturated heterocycles. The molecule has 0 N–H and O–H groups in total. The van der Waals surface area contributed by atoms with Crippen molar-refractivity contribution in [2.24, 2.45) is 5.92 Å². The molecule has 0 spiro atoms. The largest absolute Gasteiger partial charge is 0.296 e. The second-order valence-electron chi connectivity index (χ2n) is 3.00. The van der Waals surface area contributed by atoms with E-state index in [1.165, 1.54) is 12.8 Å². The number of rotatable bonds is 3. The first kappa shape index (κ1) is 6.58. The molecule has 0 radical (unpaired) electrons. The lowest BCUT2D eigenvalue weighted by molar-refractivity contribution is 0.111. The van der Waals surface area contributed by atoms with Crippen LogP contribution in [-0.2, 0) is 6.54 Å². The van der Waals surface area contributed by atoms with E-state index in [0.717, 1.165) is 18.7 Å². The zero-order chi connectivity index (χ0) is 7.68. The third-order valence-corrected chi connectivity index (χ3v) is 2.00. The molecule has 1 heterocycles. The van der Waals surface area contributed by atoms with Gasteiger partial charge in [0.2, 0.25) is 0 Å². The van der Waals surface area contributed by atoms with Crippen LogP contribution in [0.2, 0.25) is 0 Å². The number of hydrogen-bond acceptors (Lipinski definition) is 2. The Hall–Kier alpha value is -1.12. The van der Waals surface area contributed by atoms with Crippen molar-refractivity contribution in [3.8, 4) is 0 Å². The van der Waals surface area contributed by atoms with Gasteiger partial charge in [0.15, 0.2) is 6.29 Å². The van der Waals surface area contributed by atoms with Gasteiger partial charge in [-0.1, -0.05) is 0 Å². The molecule has 1 aromatic heterocycles. The summed E-state index contributed by atoms with van der Waals surface area (Å²) in [6, 6.07) is 1.75. The Bertz CT molecular complexity index is 263. The van der Waals surface area contributed by atoms with E-state index in [0.29, 0.717) is 5.69 Å². The van der Waals surface area contributed by atoms with Gasteiger partial charge in [0.25, 0.3) is 0 Å². The summed E-state index contributed by atoms with van der Waals surface area (Å²) in [5, 5.41) is 4.05. The second kappa shape index (κ2) is 2.49. The van der Waals surface area contributed by atoms with Gasteiger partial charge < -0.3 is 0 Å². The molecule has 3 heteroatoms. The Morgan fingerprint density at radius 1 is 1.73 bits per heavy atom. The third kappa shape index (κ3) is 1.31. The zero-order valence-electron chi connectivity index (χ0n) is 6.23. The molecule has 0 bridgehead atoms. The lowest BCUT2D eigenvalue weighted by Crippen LogP contribution is -2.05. The van der Waals surface area contributed by atoms with E-state index in [-0.39, 0.29) is 0 Å². The van der Waals surface area contributed by atoms with Gasteiger partial charge in [-0.25, -0.2) is 0 Å². The minimum atomic E-state index is 0.692. The molecule has 2 rings (SSSR count). The topological polar surface area (TPSA) is 34.9 Å². The zero-order valence-corrected chi connectivity index (χ0v) is 6.23. The van der Waals surface area contributed by atoms with Crippen molar-refractivity contribution in [3.63, 3.8) is 0 Å². The highest BCUT2D eigenvalue weighted by molar-refractivity contribution is 5.71. The lowest BCUT2D eigenvalue weighted by atomic mass is 10.4. The molecule has 1 saturated carbocycles. The third-order valence-electron chi connectivity index (χ3n) is 2.00. The Kier molecular flexibility index (Phi) is 1.49. The summed E-state index contributed by atoms with van der Waals surface area (Å²) in [5.41, 5.74) is 0.692. The quantitative estimate of drug-likeness (QED) is 0.605. The van der Waals surface area contributed by atoms with Crippen LogP contribution in [0.15, 0.2) is 12.3 Å². The molecule has 11 heavy (non-hydrogen) atoms. The summed E-state index contributed by atoms with van der Waals surface area (Å²) in [5.74, 6) is 0.772. The van der Waals surface area contributed by atoms with Gasteiger partial charge in [-0.2, -0.15) is 5.10 Å². The Morgan fingerprint density at radius 2 is 2.55 bits per heavy atom. The SMILES string of the molecule is O=Cc1ccnn1CC1CC1. The van der Waals surface area contributed by atoms with Gasteiger partial charge in [0.05, 0.1) is 0 Å². The second-order valence-corrected chi connectivity index (χ2v) is 3.00. The smallest absolute Gasteiger partial charge is 0.168 e. The molecule has 3 nitrogen and oxygen atoms in total. The summed E-state index contributed by atoms with van der Waals surface area (Å²) < 4.78 is 1.78. The van der Waals surface area contributed by atoms with Crippen molar-refractivity contribution in [1.29, 1.82) is 0 Å². The number of nitrogens with zero attached hydrogens (tertiary/aromatic N) is 2. The number of carbonyl (C=O) groups excluding carboxylic acids is 1. The van der Waals surface area contributed by atoms with Crippen LogP contribution in [0.25, 0.3) is 0 Å². The van der Waals surface area contributed by atoms with Crippen LogP contribution in [0.3, 0.4) is 0 Å². The van der Waals surface area contributed by atoms with Crippen LogP contribution in [0.4, 0.5) is 0 Å². The number of aldehydes is 1. The lowest BCUT2D eigenvalue weighted by Gasteiger charge is -1.99. The Balaban J connectivity index is 2.13. The highest BCUT2D eigenvalue weighted by atomic mass is 16.1. The van der Waals surface area contributed by atoms with Crippen molar-refractivity contribution >= 4 is 6.29 Å². The van der Waals surface area contributed by atoms with E-state index in [9.17, 15) is 4.79 Å². The van der Waals surface area contributed by atoms with Gasteiger partial charge in [-0.05, 0) is 24.8 Å². The maximum atomic E-state index is 10.4. The highest BCUT2D eigenvalue weighted by Gasteiger charge is 2.22. The molecule has 1 aliphatic rings. The fraction of sp³-hybridized carbons (Fsp3) is 0.500. The van der Waals surface area contributed by atoms with E-state index in [2.05, 4.69) is 5.10 Å². The summed E-state index contributed by atoms with van der Waals surface area (Å²) in [7, 11) is 0. The maximum absolute atomic E-state index is 10.4. The average Bonchev–Trinajstić information content (AvgIpc) is 2.68. The predicted molar refractivity (Wildman–Crippen MR) is 40.3 cm³/mol. The molecule has 0 unspecified atom stereocenters. The van der Waals surface area contributed by atoms with Crippen LogP contribution in [0.5, 0.6) is 0 Å². The first-order valence-electron chi connectivity index (χ1n) is 3.87. The molecule has 0 amide bonds. The van der Waals surface area contributed by atoms with Crippen LogP contribution in [0.1, 0.15) is 23.3 Å². The van der Waals surface area contributed by atoms with Gasteiger partial charge in [0, 0.05) is 12.7 Å². The first-order valence-corrected chi connectivity index (χ1v) is 3.87. The number of carbonyl (C=O) groups is 1. The van der Waals surface area contributed by atoms with E-state index >= 15 is 0 Å². The average molecular weight is 150 g/mol. The summed E-state index contributed by atoms with van der Waals surface area (Å²) >= 11 is 0. The molecule has 1 aromatic rings. The van der Waals surface area contributed by atoms with Crippen molar-refractivity contribution < 1.29 is 4.79 Å². The first-order chi connectivity index (χ1) is 5.40. The van der Waals surface area contributed by atoms with E-state index in [4.69, 9.17) is 0 Å². The monoisotopic (exact) mass is 150 g/mol. The fourth-order valence-electron chi connectivity index (χ4n) is 1.14. The van der Waals surface area contributed by atoms with E-state index in [1.807, 2.05) is 0 Å². The molecule has 0 atom stereocenters. The van der Waals surface area contributed by atoms with Crippen LogP contribution < -0.4 is 0 Å². The minimum Gasteiger partial charge on any atom is -0.296 e. The molecule has 58 valence electrons. The van der Waals surface area contributed by atoms with Crippen LogP contribution in [0, 0.1) is 5.92 Å². The normalized spacial score (nSPS) is 16.7. The maximum Gasteiger partial charge on any atom is 0.168 e. The van der Waals surface area contributed by atoms with Gasteiger partial charge in [0.1, 0.15) is 5.69 Å². The Morgan fingerprint density at radius 3 is 3.18 bits per heavy atom. The van der Waals surface area contributed by atoms with Crippen LogP contribution in [-0.4, -0.2) is 16.1 Å². The molecule has 1 fully saturated rings. The molecule has 0 aliphatic heterocycles. The molecule has 1 aliphatic carbocycles. The molecular weight excluding hydrogens is 140 g/mol. The summed E-state index contributed by atoms with van der Waals surface area (Å²) in [4.78, 5) is 10.4. The fourth-order valence-corrected chi connectivity index (χ4v) is 1.14. The van der Waals surface area contributed by atoms with Gasteiger partial charge in [-0.15, -0.1) is 0 Å². The Labute approximate surface area is 65.0 Å². The van der Waals surface area contributed by atoms with Crippen molar-refractivity contribution in [3.05, 3.63) is 18.0 Å². The highest BCUT2D eigenvalue weighted by Crippen LogP contribution is 2.30. The summed E-state index contributed by atoms with van der Waals surface area (Å²) in [6.45, 7) is 0.918. The minimum absolute atomic E-state index is 0.692. The predicted octanol–water partition coefficient (Wildman–Crippen LogP) is 1.11. The van der Waals surface area contributed by atoms with Gasteiger partial charge >= 0.3 is 0 Å². The number of hydrogen-bond donors (Lipinski definition) is 0. The standard InChI is InChI=1S/C8H10N2O/c11-6-8-3-4-9-10(8)5-7-1-2-7/h3-4,6-7H,1-2,5H2. The van der Waals surface area contributed by atoms with Crippen LogP contribution >= 0.6 is 0 Å².